The molecule has 0 radical (unpaired) electrons. The molecule has 0 aliphatic rings. The molecule has 0 aliphatic heterocycles. The highest BCUT2D eigenvalue weighted by molar-refractivity contribution is 6.12. The third kappa shape index (κ3) is 5.56. The van der Waals surface area contributed by atoms with Gasteiger partial charge >= 0.3 is 0 Å². The maximum atomic E-state index is 2.48. The largest absolute Gasteiger partial charge is 0.309 e. The molecule has 0 atom stereocenters. The number of aryl methyl sites for hydroxylation is 5. The van der Waals surface area contributed by atoms with E-state index < -0.39 is 0 Å². The molecule has 8 aromatic rings. The zero-order chi connectivity index (χ0) is 33.8. The minimum Gasteiger partial charge on any atom is -0.309 e. The second-order valence-electron chi connectivity index (χ2n) is 13.9. The van der Waals surface area contributed by atoms with Crippen LogP contribution < -0.4 is 0 Å². The average molecular weight is 632 g/mol. The first-order valence-electron chi connectivity index (χ1n) is 17.3. The summed E-state index contributed by atoms with van der Waals surface area (Å²) in [7, 11) is 0. The first kappa shape index (κ1) is 30.7. The van der Waals surface area contributed by atoms with Gasteiger partial charge in [0.1, 0.15) is 0 Å². The van der Waals surface area contributed by atoms with Gasteiger partial charge in [-0.2, -0.15) is 0 Å². The van der Waals surface area contributed by atoms with E-state index >= 15 is 0 Å². The Morgan fingerprint density at radius 1 is 0.327 bits per heavy atom. The van der Waals surface area contributed by atoms with Crippen molar-refractivity contribution in [1.82, 2.24) is 4.57 Å². The van der Waals surface area contributed by atoms with Gasteiger partial charge in [0.15, 0.2) is 0 Å². The van der Waals surface area contributed by atoms with Crippen LogP contribution in [0.15, 0.2) is 140 Å². The molecule has 1 heteroatoms. The summed E-state index contributed by atoms with van der Waals surface area (Å²) in [4.78, 5) is 0. The number of benzene rings is 7. The molecule has 0 amide bonds. The van der Waals surface area contributed by atoms with Gasteiger partial charge in [-0.15, -0.1) is 0 Å². The lowest BCUT2D eigenvalue weighted by atomic mass is 9.91. The Bertz CT molecular complexity index is 2410. The second kappa shape index (κ2) is 12.1. The number of nitrogens with zero attached hydrogens (tertiary/aromatic N) is 1. The van der Waals surface area contributed by atoms with Gasteiger partial charge in [-0.05, 0) is 116 Å². The highest BCUT2D eigenvalue weighted by Crippen LogP contribution is 2.41. The van der Waals surface area contributed by atoms with Crippen molar-refractivity contribution < 1.29 is 0 Å². The smallest absolute Gasteiger partial charge is 0.0541 e. The summed E-state index contributed by atoms with van der Waals surface area (Å²) in [5.41, 5.74) is 21.3. The molecule has 1 heterocycles. The fourth-order valence-electron chi connectivity index (χ4n) is 7.87. The first-order valence-corrected chi connectivity index (χ1v) is 17.3. The topological polar surface area (TPSA) is 4.93 Å². The van der Waals surface area contributed by atoms with Gasteiger partial charge < -0.3 is 4.57 Å². The van der Waals surface area contributed by atoms with E-state index in [0.717, 1.165) is 0 Å². The summed E-state index contributed by atoms with van der Waals surface area (Å²) in [6.45, 7) is 13.2. The summed E-state index contributed by atoms with van der Waals surface area (Å²) < 4.78 is 2.48. The van der Waals surface area contributed by atoms with Crippen LogP contribution in [0.2, 0.25) is 0 Å². The monoisotopic (exact) mass is 631 g/mol. The molecule has 1 nitrogen and oxygen atoms in total. The van der Waals surface area contributed by atoms with Crippen LogP contribution in [0.4, 0.5) is 0 Å². The van der Waals surface area contributed by atoms with Gasteiger partial charge in [-0.1, -0.05) is 137 Å². The van der Waals surface area contributed by atoms with Gasteiger partial charge in [-0.25, -0.2) is 0 Å². The van der Waals surface area contributed by atoms with Crippen molar-refractivity contribution in [2.24, 2.45) is 0 Å². The van der Waals surface area contributed by atoms with E-state index in [-0.39, 0.29) is 0 Å². The molecular formula is C48H41N. The van der Waals surface area contributed by atoms with Crippen molar-refractivity contribution in [3.05, 3.63) is 173 Å². The molecule has 8 rings (SSSR count). The number of hydrogen-bond acceptors (Lipinski definition) is 0. The molecule has 238 valence electrons. The van der Waals surface area contributed by atoms with Crippen molar-refractivity contribution in [1.29, 1.82) is 0 Å². The van der Waals surface area contributed by atoms with Crippen LogP contribution >= 0.6 is 0 Å². The maximum absolute atomic E-state index is 2.48. The third-order valence-corrected chi connectivity index (χ3v) is 9.97. The third-order valence-electron chi connectivity index (χ3n) is 9.97. The first-order chi connectivity index (χ1) is 23.7. The number of hydrogen-bond donors (Lipinski definition) is 0. The van der Waals surface area contributed by atoms with E-state index in [4.69, 9.17) is 0 Å². The molecule has 49 heavy (non-hydrogen) atoms. The Morgan fingerprint density at radius 2 is 0.816 bits per heavy atom. The number of aromatic nitrogens is 1. The molecule has 0 aliphatic carbocycles. The van der Waals surface area contributed by atoms with Crippen molar-refractivity contribution in [3.8, 4) is 50.2 Å². The molecule has 0 unspecified atom stereocenters. The van der Waals surface area contributed by atoms with Crippen LogP contribution in [0.1, 0.15) is 33.4 Å². The van der Waals surface area contributed by atoms with E-state index in [1.165, 1.54) is 105 Å². The van der Waals surface area contributed by atoms with Gasteiger partial charge in [0.05, 0.1) is 16.7 Å². The van der Waals surface area contributed by atoms with Gasteiger partial charge in [-0.3, -0.25) is 0 Å². The molecule has 0 bridgehead atoms. The summed E-state index contributed by atoms with van der Waals surface area (Å²) in [5.74, 6) is 0. The molecule has 7 aromatic carbocycles. The minimum absolute atomic E-state index is 1.19. The Morgan fingerprint density at radius 3 is 1.39 bits per heavy atom. The van der Waals surface area contributed by atoms with Crippen LogP contribution in [0, 0.1) is 41.5 Å². The highest BCUT2D eigenvalue weighted by Gasteiger charge is 2.19. The lowest BCUT2D eigenvalue weighted by Crippen LogP contribution is -1.99. The predicted octanol–water partition coefficient (Wildman–Crippen LogP) is 13.3. The zero-order valence-corrected chi connectivity index (χ0v) is 29.2. The SMILES string of the molecule is Cc1cc(C)cc(-c2ccc3c(c2)c2cc(-c4cc(C)cc(C)c4)ccc2n3-c2ccccc2-c2cccc(-c3cccc(C)c3)c2C)c1. The van der Waals surface area contributed by atoms with Gasteiger partial charge in [0.2, 0.25) is 0 Å². The average Bonchev–Trinajstić information content (AvgIpc) is 3.40. The summed E-state index contributed by atoms with van der Waals surface area (Å²) in [6.07, 6.45) is 0. The standard InChI is InChI=1S/C48H41N/c1-30-11-9-12-38(23-30)41-14-10-15-42(35(41)6)43-13-7-8-16-46(43)49-47-19-17-36(39-24-31(2)21-32(3)25-39)28-44(47)45-29-37(18-20-48(45)49)40-26-33(4)22-34(5)27-40/h7-29H,1-6H3. The quantitative estimate of drug-likeness (QED) is 0.178. The maximum Gasteiger partial charge on any atom is 0.0541 e. The van der Waals surface area contributed by atoms with Crippen LogP contribution in [0.5, 0.6) is 0 Å². The van der Waals surface area contributed by atoms with E-state index in [1.54, 1.807) is 0 Å². The molecule has 0 N–H and O–H groups in total. The van der Waals surface area contributed by atoms with Crippen molar-refractivity contribution >= 4 is 21.8 Å². The Balaban J connectivity index is 1.39. The highest BCUT2D eigenvalue weighted by atomic mass is 15.0. The van der Waals surface area contributed by atoms with E-state index in [1.807, 2.05) is 0 Å². The summed E-state index contributed by atoms with van der Waals surface area (Å²) in [5, 5.41) is 2.52. The van der Waals surface area contributed by atoms with Crippen molar-refractivity contribution in [2.75, 3.05) is 0 Å². The summed E-state index contributed by atoms with van der Waals surface area (Å²) in [6, 6.07) is 52.2. The van der Waals surface area contributed by atoms with E-state index in [2.05, 4.69) is 186 Å². The minimum atomic E-state index is 1.19. The molecule has 0 fully saturated rings. The molecular weight excluding hydrogens is 591 g/mol. The van der Waals surface area contributed by atoms with Crippen LogP contribution in [-0.2, 0) is 0 Å². The van der Waals surface area contributed by atoms with Crippen molar-refractivity contribution in [2.45, 2.75) is 41.5 Å². The van der Waals surface area contributed by atoms with Crippen LogP contribution in [-0.4, -0.2) is 4.57 Å². The number of fused-ring (bicyclic) bond motifs is 3. The summed E-state index contributed by atoms with van der Waals surface area (Å²) >= 11 is 0. The number of rotatable bonds is 5. The van der Waals surface area contributed by atoms with E-state index in [9.17, 15) is 0 Å². The molecule has 0 saturated carbocycles. The zero-order valence-electron chi connectivity index (χ0n) is 29.2. The van der Waals surface area contributed by atoms with E-state index in [0.29, 0.717) is 0 Å². The lowest BCUT2D eigenvalue weighted by Gasteiger charge is -2.18. The van der Waals surface area contributed by atoms with Crippen LogP contribution in [0.25, 0.3) is 72.0 Å². The molecule has 1 aromatic heterocycles. The van der Waals surface area contributed by atoms with Gasteiger partial charge in [0.25, 0.3) is 0 Å². The fourth-order valence-corrected chi connectivity index (χ4v) is 7.87. The Labute approximate surface area is 290 Å². The lowest BCUT2D eigenvalue weighted by molar-refractivity contribution is 1.18. The fraction of sp³-hybridized carbons (Fsp3) is 0.125. The van der Waals surface area contributed by atoms with Crippen molar-refractivity contribution in [3.63, 3.8) is 0 Å². The van der Waals surface area contributed by atoms with Crippen LogP contribution in [0.3, 0.4) is 0 Å². The Kier molecular flexibility index (Phi) is 7.57. The molecule has 0 spiro atoms. The number of para-hydroxylation sites is 1. The normalized spacial score (nSPS) is 11.5. The second-order valence-corrected chi connectivity index (χ2v) is 13.9. The van der Waals surface area contributed by atoms with Gasteiger partial charge in [0, 0.05) is 16.3 Å². The predicted molar refractivity (Wildman–Crippen MR) is 211 cm³/mol. The molecule has 0 saturated heterocycles. The Hall–Kier alpha value is -5.66.